The lowest BCUT2D eigenvalue weighted by atomic mass is 10.1. The number of halogens is 1. The minimum atomic E-state index is -0.654. The fraction of sp³-hybridized carbons (Fsp3) is 0.600. The molecule has 0 aromatic heterocycles. The maximum Gasteiger partial charge on any atom is 0.146 e. The Morgan fingerprint density at radius 1 is 1.37 bits per heavy atom. The van der Waals surface area contributed by atoms with E-state index in [4.69, 9.17) is 0 Å². The second-order valence-electron chi connectivity index (χ2n) is 5.51. The summed E-state index contributed by atoms with van der Waals surface area (Å²) in [5, 5.41) is 9.86. The van der Waals surface area contributed by atoms with Crippen LogP contribution < -0.4 is 4.90 Å². The number of rotatable bonds is 2. The molecule has 1 aromatic carbocycles. The molecule has 1 N–H and O–H groups in total. The Hall–Kier alpha value is -1.13. The van der Waals surface area contributed by atoms with Crippen molar-refractivity contribution in [1.82, 2.24) is 4.90 Å². The Morgan fingerprint density at radius 2 is 2.11 bits per heavy atom. The zero-order chi connectivity index (χ0) is 14.0. The Balaban J connectivity index is 2.39. The molecule has 2 atom stereocenters. The van der Waals surface area contributed by atoms with E-state index in [1.165, 1.54) is 6.07 Å². The van der Waals surface area contributed by atoms with Crippen LogP contribution in [-0.4, -0.2) is 42.7 Å². The molecule has 1 aromatic rings. The molecular formula is C15H23FN2O. The summed E-state index contributed by atoms with van der Waals surface area (Å²) in [4.78, 5) is 4.37. The predicted octanol–water partition coefficient (Wildman–Crippen LogP) is 2.41. The van der Waals surface area contributed by atoms with Crippen LogP contribution >= 0.6 is 0 Å². The van der Waals surface area contributed by atoms with Gasteiger partial charge in [-0.1, -0.05) is 12.1 Å². The molecule has 106 valence electrons. The molecule has 0 aliphatic carbocycles. The molecule has 3 nitrogen and oxygen atoms in total. The van der Waals surface area contributed by atoms with Crippen LogP contribution in [0.2, 0.25) is 0 Å². The van der Waals surface area contributed by atoms with E-state index in [0.29, 0.717) is 11.3 Å². The minimum absolute atomic E-state index is 0.238. The molecular weight excluding hydrogens is 243 g/mol. The summed E-state index contributed by atoms with van der Waals surface area (Å²) in [6.07, 6.45) is 0.355. The zero-order valence-corrected chi connectivity index (χ0v) is 11.9. The molecule has 1 aliphatic heterocycles. The van der Waals surface area contributed by atoms with Gasteiger partial charge >= 0.3 is 0 Å². The van der Waals surface area contributed by atoms with Crippen LogP contribution in [0.1, 0.15) is 31.9 Å². The van der Waals surface area contributed by atoms with E-state index < -0.39 is 6.10 Å². The topological polar surface area (TPSA) is 26.7 Å². The first kappa shape index (κ1) is 14.3. The van der Waals surface area contributed by atoms with Crippen LogP contribution in [0.4, 0.5) is 10.1 Å². The number of aliphatic hydroxyl groups excluding tert-OH is 1. The molecule has 0 radical (unpaired) electrons. The van der Waals surface area contributed by atoms with Crippen LogP contribution in [-0.2, 0) is 0 Å². The average Bonchev–Trinajstić information content (AvgIpc) is 2.50. The third-order valence-electron chi connectivity index (χ3n) is 3.80. The molecule has 0 amide bonds. The molecule has 1 fully saturated rings. The second-order valence-corrected chi connectivity index (χ2v) is 5.51. The van der Waals surface area contributed by atoms with Gasteiger partial charge in [0.2, 0.25) is 0 Å². The SMILES string of the molecule is CC1CN(C)CCCN1c1c(F)cccc1[C@@H](C)O. The number of likely N-dealkylation sites (N-methyl/N-ethyl adjacent to an activating group) is 1. The fourth-order valence-electron chi connectivity index (χ4n) is 2.88. The van der Waals surface area contributed by atoms with Crippen LogP contribution in [0.25, 0.3) is 0 Å². The van der Waals surface area contributed by atoms with Crippen molar-refractivity contribution in [2.45, 2.75) is 32.4 Å². The molecule has 4 heteroatoms. The number of hydrogen-bond donors (Lipinski definition) is 1. The first-order valence-corrected chi connectivity index (χ1v) is 6.92. The maximum absolute atomic E-state index is 14.2. The van der Waals surface area contributed by atoms with Crippen molar-refractivity contribution in [3.63, 3.8) is 0 Å². The van der Waals surface area contributed by atoms with Gasteiger partial charge in [0.15, 0.2) is 0 Å². The van der Waals surface area contributed by atoms with Gasteiger partial charge in [0.25, 0.3) is 0 Å². The van der Waals surface area contributed by atoms with Crippen LogP contribution in [0.15, 0.2) is 18.2 Å². The van der Waals surface area contributed by atoms with Crippen molar-refractivity contribution in [2.24, 2.45) is 0 Å². The molecule has 1 saturated heterocycles. The van der Waals surface area contributed by atoms with E-state index >= 15 is 0 Å². The van der Waals surface area contributed by atoms with Crippen molar-refractivity contribution in [3.8, 4) is 0 Å². The van der Waals surface area contributed by atoms with Crippen molar-refractivity contribution in [1.29, 1.82) is 0 Å². The highest BCUT2D eigenvalue weighted by molar-refractivity contribution is 5.56. The predicted molar refractivity (Wildman–Crippen MR) is 76.0 cm³/mol. The van der Waals surface area contributed by atoms with Gasteiger partial charge in [-0.3, -0.25) is 0 Å². The minimum Gasteiger partial charge on any atom is -0.389 e. The molecule has 0 bridgehead atoms. The van der Waals surface area contributed by atoms with Crippen molar-refractivity contribution in [2.75, 3.05) is 31.6 Å². The molecule has 1 unspecified atom stereocenters. The van der Waals surface area contributed by atoms with Gasteiger partial charge in [-0.15, -0.1) is 0 Å². The van der Waals surface area contributed by atoms with Gasteiger partial charge in [0.1, 0.15) is 5.82 Å². The smallest absolute Gasteiger partial charge is 0.146 e. The lowest BCUT2D eigenvalue weighted by Gasteiger charge is -2.32. The highest BCUT2D eigenvalue weighted by Gasteiger charge is 2.25. The summed E-state index contributed by atoms with van der Waals surface area (Å²) in [5.74, 6) is -0.241. The summed E-state index contributed by atoms with van der Waals surface area (Å²) in [6, 6.07) is 5.18. The fourth-order valence-corrected chi connectivity index (χ4v) is 2.88. The number of para-hydroxylation sites is 1. The summed E-state index contributed by atoms with van der Waals surface area (Å²) >= 11 is 0. The number of benzene rings is 1. The number of aliphatic hydroxyl groups is 1. The van der Waals surface area contributed by atoms with Gasteiger partial charge in [-0.05, 0) is 39.9 Å². The number of hydrogen-bond acceptors (Lipinski definition) is 3. The first-order chi connectivity index (χ1) is 9.00. The first-order valence-electron chi connectivity index (χ1n) is 6.92. The van der Waals surface area contributed by atoms with Gasteiger partial charge in [-0.25, -0.2) is 4.39 Å². The summed E-state index contributed by atoms with van der Waals surface area (Å²) in [5.41, 5.74) is 1.25. The van der Waals surface area contributed by atoms with E-state index in [1.807, 2.05) is 6.07 Å². The molecule has 1 aliphatic rings. The van der Waals surface area contributed by atoms with Gasteiger partial charge in [0.05, 0.1) is 11.8 Å². The van der Waals surface area contributed by atoms with E-state index in [-0.39, 0.29) is 11.9 Å². The van der Waals surface area contributed by atoms with E-state index in [0.717, 1.165) is 26.1 Å². The Kier molecular flexibility index (Phi) is 4.42. The average molecular weight is 266 g/mol. The van der Waals surface area contributed by atoms with Gasteiger partial charge in [0, 0.05) is 24.7 Å². The van der Waals surface area contributed by atoms with Crippen LogP contribution in [0.3, 0.4) is 0 Å². The highest BCUT2D eigenvalue weighted by Crippen LogP contribution is 2.31. The van der Waals surface area contributed by atoms with E-state index in [9.17, 15) is 9.50 Å². The largest absolute Gasteiger partial charge is 0.389 e. The maximum atomic E-state index is 14.2. The molecule has 1 heterocycles. The van der Waals surface area contributed by atoms with E-state index in [1.54, 1.807) is 13.0 Å². The van der Waals surface area contributed by atoms with Crippen molar-refractivity contribution >= 4 is 5.69 Å². The summed E-state index contributed by atoms with van der Waals surface area (Å²) < 4.78 is 14.2. The lowest BCUT2D eigenvalue weighted by Crippen LogP contribution is -2.39. The number of anilines is 1. The Morgan fingerprint density at radius 3 is 2.79 bits per heavy atom. The van der Waals surface area contributed by atoms with E-state index in [2.05, 4.69) is 23.8 Å². The third-order valence-corrected chi connectivity index (χ3v) is 3.80. The Bertz CT molecular complexity index is 436. The quantitative estimate of drug-likeness (QED) is 0.890. The normalized spacial score (nSPS) is 23.2. The molecule has 0 spiro atoms. The summed E-state index contributed by atoms with van der Waals surface area (Å²) in [7, 11) is 2.09. The zero-order valence-electron chi connectivity index (χ0n) is 11.9. The van der Waals surface area contributed by atoms with Crippen molar-refractivity contribution in [3.05, 3.63) is 29.6 Å². The molecule has 19 heavy (non-hydrogen) atoms. The monoisotopic (exact) mass is 266 g/mol. The van der Waals surface area contributed by atoms with Crippen LogP contribution in [0.5, 0.6) is 0 Å². The van der Waals surface area contributed by atoms with Crippen molar-refractivity contribution < 1.29 is 9.50 Å². The Labute approximate surface area is 114 Å². The number of nitrogens with zero attached hydrogens (tertiary/aromatic N) is 2. The highest BCUT2D eigenvalue weighted by atomic mass is 19.1. The standard InChI is InChI=1S/C15H23FN2O/c1-11-10-17(3)8-5-9-18(11)15-13(12(2)19)6-4-7-14(15)16/h4,6-7,11-12,19H,5,8-10H2,1-3H3/t11?,12-/m1/s1. The van der Waals surface area contributed by atoms with Gasteiger partial charge in [-0.2, -0.15) is 0 Å². The van der Waals surface area contributed by atoms with Gasteiger partial charge < -0.3 is 14.9 Å². The summed E-state index contributed by atoms with van der Waals surface area (Å²) in [6.45, 7) is 6.56. The third kappa shape index (κ3) is 3.07. The van der Waals surface area contributed by atoms with Crippen LogP contribution in [0, 0.1) is 5.82 Å². The molecule has 0 saturated carbocycles. The molecule has 2 rings (SSSR count). The second kappa shape index (κ2) is 5.88. The lowest BCUT2D eigenvalue weighted by molar-refractivity contribution is 0.199.